The molecule has 2 rings (SSSR count). The van der Waals surface area contributed by atoms with Crippen LogP contribution in [0.1, 0.15) is 5.56 Å². The van der Waals surface area contributed by atoms with Crippen LogP contribution in [0.4, 0.5) is 11.4 Å². The van der Waals surface area contributed by atoms with Gasteiger partial charge in [-0.15, -0.1) is 0 Å². The predicted octanol–water partition coefficient (Wildman–Crippen LogP) is 1.89. The molecule has 84 valence electrons. The summed E-state index contributed by atoms with van der Waals surface area (Å²) in [6, 6.07) is 8.16. The summed E-state index contributed by atoms with van der Waals surface area (Å²) in [5, 5.41) is 8.72. The van der Waals surface area contributed by atoms with Gasteiger partial charge >= 0.3 is 0 Å². The number of rotatable bonds is 2. The maximum absolute atomic E-state index is 8.72. The van der Waals surface area contributed by atoms with Crippen LogP contribution in [0.3, 0.4) is 0 Å². The van der Waals surface area contributed by atoms with Crippen molar-refractivity contribution in [3.05, 3.63) is 23.8 Å². The summed E-state index contributed by atoms with van der Waals surface area (Å²) in [4.78, 5) is 2.36. The van der Waals surface area contributed by atoms with Gasteiger partial charge in [0.15, 0.2) is 0 Å². The van der Waals surface area contributed by atoms with Crippen LogP contribution in [0.25, 0.3) is 0 Å². The van der Waals surface area contributed by atoms with Crippen molar-refractivity contribution < 1.29 is 0 Å². The SMILES string of the molecule is N#CCc1cc(N2CCSCC2)ccc1N. The van der Waals surface area contributed by atoms with E-state index in [1.165, 1.54) is 17.2 Å². The van der Waals surface area contributed by atoms with Gasteiger partial charge in [-0.2, -0.15) is 17.0 Å². The Kier molecular flexibility index (Phi) is 3.58. The fourth-order valence-corrected chi connectivity index (χ4v) is 2.75. The molecule has 1 heterocycles. The van der Waals surface area contributed by atoms with Gasteiger partial charge in [-0.05, 0) is 23.8 Å². The molecular weight excluding hydrogens is 218 g/mol. The Hall–Kier alpha value is -1.34. The summed E-state index contributed by atoms with van der Waals surface area (Å²) in [5.74, 6) is 2.36. The molecule has 0 aliphatic carbocycles. The van der Waals surface area contributed by atoms with Crippen LogP contribution in [0, 0.1) is 11.3 Å². The molecule has 1 aliphatic heterocycles. The number of hydrogen-bond acceptors (Lipinski definition) is 4. The van der Waals surface area contributed by atoms with E-state index in [-0.39, 0.29) is 0 Å². The number of anilines is 2. The van der Waals surface area contributed by atoms with Crippen molar-refractivity contribution in [2.45, 2.75) is 6.42 Å². The van der Waals surface area contributed by atoms with Gasteiger partial charge in [0, 0.05) is 36.0 Å². The van der Waals surface area contributed by atoms with Crippen molar-refractivity contribution in [2.24, 2.45) is 0 Å². The van der Waals surface area contributed by atoms with Crippen LogP contribution in [0.5, 0.6) is 0 Å². The number of benzene rings is 1. The van der Waals surface area contributed by atoms with E-state index in [4.69, 9.17) is 11.0 Å². The summed E-state index contributed by atoms with van der Waals surface area (Å²) in [6.07, 6.45) is 0.391. The van der Waals surface area contributed by atoms with E-state index in [9.17, 15) is 0 Å². The highest BCUT2D eigenvalue weighted by Gasteiger charge is 2.12. The van der Waals surface area contributed by atoms with Crippen molar-refractivity contribution in [3.63, 3.8) is 0 Å². The van der Waals surface area contributed by atoms with E-state index < -0.39 is 0 Å². The lowest BCUT2D eigenvalue weighted by atomic mass is 10.1. The second-order valence-electron chi connectivity index (χ2n) is 3.82. The van der Waals surface area contributed by atoms with E-state index in [0.29, 0.717) is 6.42 Å². The average molecular weight is 233 g/mol. The first-order valence-electron chi connectivity index (χ1n) is 5.39. The maximum atomic E-state index is 8.72. The highest BCUT2D eigenvalue weighted by Crippen LogP contribution is 2.24. The van der Waals surface area contributed by atoms with Crippen LogP contribution in [0.15, 0.2) is 18.2 Å². The molecule has 1 saturated heterocycles. The van der Waals surface area contributed by atoms with Gasteiger partial charge in [0.05, 0.1) is 12.5 Å². The number of nitrogen functional groups attached to an aromatic ring is 1. The molecule has 4 heteroatoms. The van der Waals surface area contributed by atoms with Crippen LogP contribution in [-0.4, -0.2) is 24.6 Å². The lowest BCUT2D eigenvalue weighted by molar-refractivity contribution is 0.858. The zero-order valence-corrected chi connectivity index (χ0v) is 9.96. The molecule has 1 aliphatic rings. The maximum Gasteiger partial charge on any atom is 0.0670 e. The fourth-order valence-electron chi connectivity index (χ4n) is 1.85. The van der Waals surface area contributed by atoms with Gasteiger partial charge in [-0.1, -0.05) is 0 Å². The topological polar surface area (TPSA) is 53.0 Å². The van der Waals surface area contributed by atoms with E-state index in [1.807, 2.05) is 23.9 Å². The molecule has 1 aromatic carbocycles. The summed E-state index contributed by atoms with van der Waals surface area (Å²) >= 11 is 1.99. The molecule has 0 bridgehead atoms. The zero-order chi connectivity index (χ0) is 11.4. The molecule has 0 unspecified atom stereocenters. The largest absolute Gasteiger partial charge is 0.398 e. The van der Waals surface area contributed by atoms with Crippen LogP contribution in [0.2, 0.25) is 0 Å². The third-order valence-electron chi connectivity index (χ3n) is 2.77. The standard InChI is InChI=1S/C12H15N3S/c13-4-3-10-9-11(1-2-12(10)14)15-5-7-16-8-6-15/h1-2,9H,3,5-8,14H2. The Balaban J connectivity index is 2.21. The second kappa shape index (κ2) is 5.13. The quantitative estimate of drug-likeness (QED) is 0.793. The zero-order valence-electron chi connectivity index (χ0n) is 9.15. The van der Waals surface area contributed by atoms with Crippen molar-refractivity contribution in [2.75, 3.05) is 35.2 Å². The molecule has 0 saturated carbocycles. The normalized spacial score (nSPS) is 15.8. The number of nitrogens with zero attached hydrogens (tertiary/aromatic N) is 2. The van der Waals surface area contributed by atoms with Crippen molar-refractivity contribution in [3.8, 4) is 6.07 Å². The Morgan fingerprint density at radius 3 is 2.81 bits per heavy atom. The Labute approximate surface area is 100 Å². The molecule has 16 heavy (non-hydrogen) atoms. The summed E-state index contributed by atoms with van der Waals surface area (Å²) in [6.45, 7) is 2.17. The number of thioether (sulfide) groups is 1. The van der Waals surface area contributed by atoms with Crippen molar-refractivity contribution in [1.29, 1.82) is 5.26 Å². The summed E-state index contributed by atoms with van der Waals surface area (Å²) < 4.78 is 0. The molecule has 2 N–H and O–H groups in total. The van der Waals surface area contributed by atoms with E-state index in [1.54, 1.807) is 0 Å². The predicted molar refractivity (Wildman–Crippen MR) is 69.7 cm³/mol. The first-order chi connectivity index (χ1) is 7.81. The lowest BCUT2D eigenvalue weighted by Crippen LogP contribution is -2.32. The number of hydrogen-bond donors (Lipinski definition) is 1. The Morgan fingerprint density at radius 1 is 1.38 bits per heavy atom. The molecule has 0 spiro atoms. The van der Waals surface area contributed by atoms with Crippen molar-refractivity contribution in [1.82, 2.24) is 0 Å². The number of nitriles is 1. The highest BCUT2D eigenvalue weighted by atomic mass is 32.2. The highest BCUT2D eigenvalue weighted by molar-refractivity contribution is 7.99. The molecule has 1 aromatic rings. The minimum Gasteiger partial charge on any atom is -0.398 e. The molecule has 0 atom stereocenters. The Morgan fingerprint density at radius 2 is 2.12 bits per heavy atom. The fraction of sp³-hybridized carbons (Fsp3) is 0.417. The first-order valence-corrected chi connectivity index (χ1v) is 6.55. The first kappa shape index (κ1) is 11.2. The second-order valence-corrected chi connectivity index (χ2v) is 5.04. The van der Waals surface area contributed by atoms with E-state index in [2.05, 4.69) is 17.0 Å². The molecule has 0 amide bonds. The van der Waals surface area contributed by atoms with Gasteiger partial charge in [-0.3, -0.25) is 0 Å². The third-order valence-corrected chi connectivity index (χ3v) is 3.71. The summed E-state index contributed by atoms with van der Waals surface area (Å²) in [5.41, 5.74) is 8.69. The van der Waals surface area contributed by atoms with Gasteiger partial charge in [0.1, 0.15) is 0 Å². The van der Waals surface area contributed by atoms with E-state index in [0.717, 1.165) is 24.3 Å². The van der Waals surface area contributed by atoms with Gasteiger partial charge in [0.25, 0.3) is 0 Å². The number of nitrogens with two attached hydrogens (primary N) is 1. The molecule has 0 radical (unpaired) electrons. The van der Waals surface area contributed by atoms with Crippen molar-refractivity contribution >= 4 is 23.1 Å². The minimum absolute atomic E-state index is 0.391. The molecule has 1 fully saturated rings. The molecule has 0 aromatic heterocycles. The van der Waals surface area contributed by atoms with Crippen LogP contribution >= 0.6 is 11.8 Å². The molecule has 3 nitrogen and oxygen atoms in total. The van der Waals surface area contributed by atoms with Gasteiger partial charge < -0.3 is 10.6 Å². The smallest absolute Gasteiger partial charge is 0.0670 e. The van der Waals surface area contributed by atoms with Gasteiger partial charge in [-0.25, -0.2) is 0 Å². The minimum atomic E-state index is 0.391. The molecular formula is C12H15N3S. The lowest BCUT2D eigenvalue weighted by Gasteiger charge is -2.29. The van der Waals surface area contributed by atoms with E-state index >= 15 is 0 Å². The Bertz CT molecular complexity index is 405. The average Bonchev–Trinajstić information content (AvgIpc) is 2.33. The summed E-state index contributed by atoms with van der Waals surface area (Å²) in [7, 11) is 0. The van der Waals surface area contributed by atoms with Crippen LogP contribution < -0.4 is 10.6 Å². The van der Waals surface area contributed by atoms with Crippen LogP contribution in [-0.2, 0) is 6.42 Å². The monoisotopic (exact) mass is 233 g/mol. The third kappa shape index (κ3) is 2.42. The van der Waals surface area contributed by atoms with Gasteiger partial charge in [0.2, 0.25) is 0 Å².